The molecule has 0 amide bonds. The van der Waals surface area contributed by atoms with Gasteiger partial charge >= 0.3 is 0 Å². The Kier molecular flexibility index (Phi) is 5.87. The predicted molar refractivity (Wildman–Crippen MR) is 89.2 cm³/mol. The van der Waals surface area contributed by atoms with Crippen LogP contribution in [0, 0.1) is 6.92 Å². The van der Waals surface area contributed by atoms with Crippen molar-refractivity contribution < 1.29 is 14.6 Å². The SMILES string of the molecule is COc1ccc(OC)c(C(O)CNCc2c(C)nn(C)c2Cl)c1. The largest absolute Gasteiger partial charge is 0.497 e. The molecule has 0 aliphatic rings. The lowest BCUT2D eigenvalue weighted by Gasteiger charge is -2.16. The molecule has 23 heavy (non-hydrogen) atoms. The monoisotopic (exact) mass is 339 g/mol. The van der Waals surface area contributed by atoms with E-state index in [1.165, 1.54) is 0 Å². The highest BCUT2D eigenvalue weighted by Crippen LogP contribution is 2.29. The Morgan fingerprint density at radius 1 is 1.35 bits per heavy atom. The zero-order valence-corrected chi connectivity index (χ0v) is 14.5. The molecule has 1 unspecified atom stereocenters. The fourth-order valence-electron chi connectivity index (χ4n) is 2.42. The van der Waals surface area contributed by atoms with E-state index in [0.717, 1.165) is 11.3 Å². The molecule has 0 saturated carbocycles. The molecule has 0 bridgehead atoms. The second-order valence-electron chi connectivity index (χ2n) is 5.23. The molecule has 0 radical (unpaired) electrons. The first-order valence-electron chi connectivity index (χ1n) is 7.26. The molecule has 0 aliphatic carbocycles. The van der Waals surface area contributed by atoms with Crippen LogP contribution >= 0.6 is 11.6 Å². The lowest BCUT2D eigenvalue weighted by molar-refractivity contribution is 0.169. The highest BCUT2D eigenvalue weighted by Gasteiger charge is 2.16. The maximum absolute atomic E-state index is 10.4. The van der Waals surface area contributed by atoms with Gasteiger partial charge in [0.15, 0.2) is 0 Å². The minimum Gasteiger partial charge on any atom is -0.497 e. The van der Waals surface area contributed by atoms with Crippen LogP contribution in [0.25, 0.3) is 0 Å². The van der Waals surface area contributed by atoms with E-state index >= 15 is 0 Å². The summed E-state index contributed by atoms with van der Waals surface area (Å²) in [7, 11) is 4.96. The van der Waals surface area contributed by atoms with Crippen LogP contribution in [0.1, 0.15) is 22.9 Å². The number of aliphatic hydroxyl groups is 1. The van der Waals surface area contributed by atoms with Gasteiger partial charge in [0.1, 0.15) is 16.7 Å². The molecular formula is C16H22ClN3O3. The minimum absolute atomic E-state index is 0.355. The topological polar surface area (TPSA) is 68.5 Å². The molecule has 1 aromatic carbocycles. The Morgan fingerprint density at radius 3 is 2.65 bits per heavy atom. The second-order valence-corrected chi connectivity index (χ2v) is 5.59. The molecule has 0 aliphatic heterocycles. The molecular weight excluding hydrogens is 318 g/mol. The highest BCUT2D eigenvalue weighted by atomic mass is 35.5. The first-order valence-corrected chi connectivity index (χ1v) is 7.64. The standard InChI is InChI=1S/C16H22ClN3O3/c1-10-13(16(17)20(2)19-10)8-18-9-14(21)12-7-11(22-3)5-6-15(12)23-4/h5-7,14,18,21H,8-9H2,1-4H3. The van der Waals surface area contributed by atoms with Gasteiger partial charge in [-0.05, 0) is 25.1 Å². The van der Waals surface area contributed by atoms with Gasteiger partial charge in [-0.3, -0.25) is 4.68 Å². The lowest BCUT2D eigenvalue weighted by Crippen LogP contribution is -2.21. The summed E-state index contributed by atoms with van der Waals surface area (Å²) >= 11 is 6.20. The first-order chi connectivity index (χ1) is 11.0. The van der Waals surface area contributed by atoms with E-state index in [1.807, 2.05) is 6.92 Å². The van der Waals surface area contributed by atoms with Crippen LogP contribution in [-0.4, -0.2) is 35.7 Å². The van der Waals surface area contributed by atoms with Gasteiger partial charge in [0, 0.05) is 31.3 Å². The highest BCUT2D eigenvalue weighted by molar-refractivity contribution is 6.30. The Balaban J connectivity index is 2.03. The fourth-order valence-corrected chi connectivity index (χ4v) is 2.66. The van der Waals surface area contributed by atoms with E-state index < -0.39 is 6.10 Å². The van der Waals surface area contributed by atoms with E-state index in [9.17, 15) is 5.11 Å². The molecule has 0 fully saturated rings. The molecule has 126 valence electrons. The summed E-state index contributed by atoms with van der Waals surface area (Å²) in [6.07, 6.45) is -0.726. The van der Waals surface area contributed by atoms with Crippen molar-refractivity contribution in [2.45, 2.75) is 19.6 Å². The molecule has 2 N–H and O–H groups in total. The van der Waals surface area contributed by atoms with Gasteiger partial charge in [-0.2, -0.15) is 5.10 Å². The normalized spacial score (nSPS) is 12.3. The van der Waals surface area contributed by atoms with Gasteiger partial charge in [-0.1, -0.05) is 11.6 Å². The number of aromatic nitrogens is 2. The fraction of sp³-hybridized carbons (Fsp3) is 0.438. The van der Waals surface area contributed by atoms with Crippen LogP contribution in [-0.2, 0) is 13.6 Å². The summed E-state index contributed by atoms with van der Waals surface area (Å²) in [4.78, 5) is 0. The number of nitrogens with one attached hydrogen (secondary N) is 1. The van der Waals surface area contributed by atoms with Crippen LogP contribution in [0.4, 0.5) is 0 Å². The Bertz CT molecular complexity index is 673. The summed E-state index contributed by atoms with van der Waals surface area (Å²) in [6, 6.07) is 5.34. The summed E-state index contributed by atoms with van der Waals surface area (Å²) in [5.41, 5.74) is 2.48. The minimum atomic E-state index is -0.726. The molecule has 2 rings (SSSR count). The lowest BCUT2D eigenvalue weighted by atomic mass is 10.1. The van der Waals surface area contributed by atoms with Gasteiger partial charge in [0.25, 0.3) is 0 Å². The average Bonchev–Trinajstić information content (AvgIpc) is 2.80. The number of hydrogen-bond acceptors (Lipinski definition) is 5. The Morgan fingerprint density at radius 2 is 2.09 bits per heavy atom. The summed E-state index contributed by atoms with van der Waals surface area (Å²) in [5, 5.41) is 18.5. The third-order valence-corrected chi connectivity index (χ3v) is 4.18. The average molecular weight is 340 g/mol. The third-order valence-electron chi connectivity index (χ3n) is 3.71. The summed E-state index contributed by atoms with van der Waals surface area (Å²) in [5.74, 6) is 1.29. The van der Waals surface area contributed by atoms with Crippen LogP contribution in [0.3, 0.4) is 0 Å². The number of ether oxygens (including phenoxy) is 2. The van der Waals surface area contributed by atoms with Crippen molar-refractivity contribution in [3.8, 4) is 11.5 Å². The van der Waals surface area contributed by atoms with Crippen LogP contribution in [0.15, 0.2) is 18.2 Å². The molecule has 1 aromatic heterocycles. The van der Waals surface area contributed by atoms with Crippen molar-refractivity contribution >= 4 is 11.6 Å². The molecule has 1 heterocycles. The van der Waals surface area contributed by atoms with Gasteiger partial charge in [0.05, 0.1) is 26.0 Å². The molecule has 2 aromatic rings. The number of aliphatic hydroxyl groups excluding tert-OH is 1. The number of methoxy groups -OCH3 is 2. The smallest absolute Gasteiger partial charge is 0.131 e. The van der Waals surface area contributed by atoms with E-state index in [0.29, 0.717) is 35.3 Å². The zero-order valence-electron chi connectivity index (χ0n) is 13.8. The molecule has 1 atom stereocenters. The van der Waals surface area contributed by atoms with E-state index in [-0.39, 0.29) is 0 Å². The molecule has 0 saturated heterocycles. The van der Waals surface area contributed by atoms with Crippen molar-refractivity contribution in [2.24, 2.45) is 7.05 Å². The number of rotatable bonds is 7. The van der Waals surface area contributed by atoms with Crippen LogP contribution in [0.2, 0.25) is 5.15 Å². The van der Waals surface area contributed by atoms with Crippen molar-refractivity contribution in [3.63, 3.8) is 0 Å². The number of hydrogen-bond donors (Lipinski definition) is 2. The van der Waals surface area contributed by atoms with Crippen LogP contribution in [0.5, 0.6) is 11.5 Å². The third kappa shape index (κ3) is 3.96. The Hall–Kier alpha value is -1.76. The van der Waals surface area contributed by atoms with Gasteiger partial charge < -0.3 is 19.9 Å². The predicted octanol–water partition coefficient (Wildman–Crippen LogP) is 2.22. The number of benzene rings is 1. The molecule has 6 nitrogen and oxygen atoms in total. The van der Waals surface area contributed by atoms with Crippen molar-refractivity contribution in [3.05, 3.63) is 40.2 Å². The molecule has 7 heteroatoms. The second kappa shape index (κ2) is 7.68. The summed E-state index contributed by atoms with van der Waals surface area (Å²) < 4.78 is 12.1. The Labute approximate surface area is 141 Å². The van der Waals surface area contributed by atoms with Gasteiger partial charge in [0.2, 0.25) is 0 Å². The number of nitrogens with zero attached hydrogens (tertiary/aromatic N) is 2. The van der Waals surface area contributed by atoms with Crippen molar-refractivity contribution in [2.75, 3.05) is 20.8 Å². The summed E-state index contributed by atoms with van der Waals surface area (Å²) in [6.45, 7) is 2.79. The van der Waals surface area contributed by atoms with E-state index in [1.54, 1.807) is 44.1 Å². The van der Waals surface area contributed by atoms with E-state index in [4.69, 9.17) is 21.1 Å². The van der Waals surface area contributed by atoms with Crippen molar-refractivity contribution in [1.82, 2.24) is 15.1 Å². The maximum atomic E-state index is 10.4. The van der Waals surface area contributed by atoms with Gasteiger partial charge in [-0.25, -0.2) is 0 Å². The van der Waals surface area contributed by atoms with E-state index in [2.05, 4.69) is 10.4 Å². The van der Waals surface area contributed by atoms with Crippen LogP contribution < -0.4 is 14.8 Å². The quantitative estimate of drug-likeness (QED) is 0.809. The number of halogens is 1. The van der Waals surface area contributed by atoms with Crippen molar-refractivity contribution in [1.29, 1.82) is 0 Å². The number of aryl methyl sites for hydroxylation is 2. The zero-order chi connectivity index (χ0) is 17.0. The van der Waals surface area contributed by atoms with Gasteiger partial charge in [-0.15, -0.1) is 0 Å². The molecule has 0 spiro atoms. The maximum Gasteiger partial charge on any atom is 0.131 e. The first kappa shape index (κ1) is 17.6.